The van der Waals surface area contributed by atoms with Crippen molar-refractivity contribution in [2.24, 2.45) is 0 Å². The molecule has 0 amide bonds. The van der Waals surface area contributed by atoms with Crippen molar-refractivity contribution in [2.45, 2.75) is 72.3 Å². The van der Waals surface area contributed by atoms with E-state index in [2.05, 4.69) is 32.8 Å². The number of hydrogen-bond acceptors (Lipinski definition) is 5. The summed E-state index contributed by atoms with van der Waals surface area (Å²) in [6.45, 7) is 12.2. The van der Waals surface area contributed by atoms with Crippen LogP contribution in [0.3, 0.4) is 0 Å². The molecule has 6 nitrogen and oxygen atoms in total. The molecule has 166 valence electrons. The van der Waals surface area contributed by atoms with Gasteiger partial charge in [0.25, 0.3) is 0 Å². The normalized spacial score (nSPS) is 16.7. The maximum atomic E-state index is 13.9. The molecule has 0 aromatic heterocycles. The lowest BCUT2D eigenvalue weighted by Gasteiger charge is -2.29. The molecular formula is C22H39N2O4P. The summed E-state index contributed by atoms with van der Waals surface area (Å²) in [5.74, 6) is 0.783. The number of carbonyl (C=O) groups excluding carboxylic acids is 1. The lowest BCUT2D eigenvalue weighted by Crippen LogP contribution is -2.37. The van der Waals surface area contributed by atoms with Crippen LogP contribution in [0.25, 0.3) is 0 Å². The maximum absolute atomic E-state index is 13.9. The smallest absolute Gasteiger partial charge is 0.331 e. The Labute approximate surface area is 176 Å². The Bertz CT molecular complexity index is 680. The van der Waals surface area contributed by atoms with Crippen molar-refractivity contribution >= 4 is 13.5 Å². The van der Waals surface area contributed by atoms with Gasteiger partial charge in [0.05, 0.1) is 6.61 Å². The summed E-state index contributed by atoms with van der Waals surface area (Å²) >= 11 is 0. The topological polar surface area (TPSA) is 67.9 Å². The molecule has 0 fully saturated rings. The third-order valence-corrected chi connectivity index (χ3v) is 7.30. The van der Waals surface area contributed by atoms with Gasteiger partial charge in [-0.2, -0.15) is 0 Å². The van der Waals surface area contributed by atoms with Gasteiger partial charge in [0.2, 0.25) is 0 Å². The van der Waals surface area contributed by atoms with Crippen LogP contribution >= 0.6 is 7.52 Å². The molecule has 1 N–H and O–H groups in total. The maximum Gasteiger partial charge on any atom is 0.331 e. The predicted octanol–water partition coefficient (Wildman–Crippen LogP) is 5.35. The summed E-state index contributed by atoms with van der Waals surface area (Å²) in [5.41, 5.74) is 2.10. The molecular weight excluding hydrogens is 387 g/mol. The van der Waals surface area contributed by atoms with Gasteiger partial charge in [-0.1, -0.05) is 45.9 Å². The number of ether oxygens (including phenoxy) is 1. The quantitative estimate of drug-likeness (QED) is 0.359. The van der Waals surface area contributed by atoms with Gasteiger partial charge in [0, 0.05) is 0 Å². The third-order valence-electron chi connectivity index (χ3n) is 5.10. The van der Waals surface area contributed by atoms with E-state index in [1.54, 1.807) is 18.7 Å². The van der Waals surface area contributed by atoms with Gasteiger partial charge in [-0.3, -0.25) is 14.3 Å². The van der Waals surface area contributed by atoms with E-state index in [9.17, 15) is 9.36 Å². The van der Waals surface area contributed by atoms with Crippen molar-refractivity contribution in [3.8, 4) is 5.75 Å². The Morgan fingerprint density at radius 3 is 2.00 bits per heavy atom. The second kappa shape index (κ2) is 11.7. The molecule has 0 aliphatic rings. The SMILES string of the molecule is CCOC(=O)[C@H](C)NP(=O)(CN(C)C)Oc1c(C(C)CC)cccc1C(C)CC. The number of carbonyl (C=O) groups is 1. The van der Waals surface area contributed by atoms with Crippen LogP contribution in [0.4, 0.5) is 0 Å². The second-order valence-corrected chi connectivity index (χ2v) is 10.0. The minimum absolute atomic E-state index is 0.172. The van der Waals surface area contributed by atoms with Crippen LogP contribution in [0.5, 0.6) is 5.75 Å². The minimum Gasteiger partial charge on any atom is -0.465 e. The third kappa shape index (κ3) is 7.44. The second-order valence-electron chi connectivity index (χ2n) is 7.97. The zero-order valence-corrected chi connectivity index (χ0v) is 20.2. The molecule has 3 unspecified atom stereocenters. The number of hydrogen-bond donors (Lipinski definition) is 1. The monoisotopic (exact) mass is 426 g/mol. The Morgan fingerprint density at radius 1 is 1.07 bits per heavy atom. The van der Waals surface area contributed by atoms with E-state index in [1.165, 1.54) is 0 Å². The number of rotatable bonds is 12. The standard InChI is InChI=1S/C22H39N2O4P/c1-9-16(4)19-13-12-14-20(17(5)10-2)21(19)28-29(26,15-24(7)8)23-18(6)22(25)27-11-3/h12-14,16-18H,9-11,15H2,1-8H3,(H,23,26)/t16?,17?,18-,29?/m0/s1. The van der Waals surface area contributed by atoms with Crippen LogP contribution in [-0.2, 0) is 14.1 Å². The fourth-order valence-corrected chi connectivity index (χ4v) is 5.26. The Hall–Kier alpha value is -1.36. The van der Waals surface area contributed by atoms with Crippen LogP contribution in [0.2, 0.25) is 0 Å². The largest absolute Gasteiger partial charge is 0.465 e. The average molecular weight is 427 g/mol. The molecule has 0 aliphatic carbocycles. The van der Waals surface area contributed by atoms with Crippen LogP contribution < -0.4 is 9.61 Å². The number of para-hydroxylation sites is 1. The van der Waals surface area contributed by atoms with Gasteiger partial charge in [0.15, 0.2) is 0 Å². The molecule has 4 atom stereocenters. The van der Waals surface area contributed by atoms with Crippen LogP contribution in [-0.4, -0.2) is 43.9 Å². The zero-order valence-electron chi connectivity index (χ0n) is 19.3. The molecule has 1 rings (SSSR count). The summed E-state index contributed by atoms with van der Waals surface area (Å²) in [6.07, 6.45) is 2.07. The lowest BCUT2D eigenvalue weighted by atomic mass is 9.90. The predicted molar refractivity (Wildman–Crippen MR) is 120 cm³/mol. The first-order chi connectivity index (χ1) is 13.6. The van der Waals surface area contributed by atoms with E-state index < -0.39 is 19.5 Å². The highest BCUT2D eigenvalue weighted by Crippen LogP contribution is 2.49. The van der Waals surface area contributed by atoms with Crippen molar-refractivity contribution < 1.29 is 18.6 Å². The summed E-state index contributed by atoms with van der Waals surface area (Å²) in [7, 11) is 0.262. The van der Waals surface area contributed by atoms with Crippen molar-refractivity contribution in [2.75, 3.05) is 27.0 Å². The summed E-state index contributed by atoms with van der Waals surface area (Å²) in [5, 5.41) is 2.94. The molecule has 0 bridgehead atoms. The van der Waals surface area contributed by atoms with E-state index in [1.807, 2.05) is 32.3 Å². The molecule has 0 saturated heterocycles. The highest BCUT2D eigenvalue weighted by molar-refractivity contribution is 7.57. The van der Waals surface area contributed by atoms with Gasteiger partial charge in [-0.25, -0.2) is 5.09 Å². The molecule has 1 aromatic carbocycles. The van der Waals surface area contributed by atoms with Crippen molar-refractivity contribution in [1.29, 1.82) is 0 Å². The van der Waals surface area contributed by atoms with Crippen LogP contribution in [0, 0.1) is 0 Å². The molecule has 29 heavy (non-hydrogen) atoms. The molecule has 1 aromatic rings. The molecule has 0 aliphatic heterocycles. The first-order valence-corrected chi connectivity index (χ1v) is 12.4. The molecule has 7 heteroatoms. The van der Waals surface area contributed by atoms with Gasteiger partial charge < -0.3 is 9.26 Å². The van der Waals surface area contributed by atoms with Crippen molar-refractivity contribution in [3.63, 3.8) is 0 Å². The van der Waals surface area contributed by atoms with Gasteiger partial charge >= 0.3 is 13.5 Å². The van der Waals surface area contributed by atoms with Crippen LogP contribution in [0.15, 0.2) is 18.2 Å². The summed E-state index contributed by atoms with van der Waals surface area (Å²) in [6, 6.07) is 5.40. The Balaban J connectivity index is 3.40. The van der Waals surface area contributed by atoms with Gasteiger partial charge in [0.1, 0.15) is 18.1 Å². The highest BCUT2D eigenvalue weighted by atomic mass is 31.2. The van der Waals surface area contributed by atoms with E-state index in [-0.39, 0.29) is 24.7 Å². The Morgan fingerprint density at radius 2 is 1.59 bits per heavy atom. The molecule has 0 radical (unpaired) electrons. The number of benzene rings is 1. The first-order valence-electron chi connectivity index (χ1n) is 10.6. The van der Waals surface area contributed by atoms with Crippen molar-refractivity contribution in [3.05, 3.63) is 29.3 Å². The fourth-order valence-electron chi connectivity index (χ4n) is 3.13. The summed E-state index contributed by atoms with van der Waals surface area (Å²) in [4.78, 5) is 13.9. The molecule has 0 spiro atoms. The average Bonchev–Trinajstić information content (AvgIpc) is 2.66. The van der Waals surface area contributed by atoms with Crippen molar-refractivity contribution in [1.82, 2.24) is 9.99 Å². The Kier molecular flexibility index (Phi) is 10.4. The van der Waals surface area contributed by atoms with E-state index in [0.717, 1.165) is 24.0 Å². The number of nitrogens with zero attached hydrogens (tertiary/aromatic N) is 1. The van der Waals surface area contributed by atoms with Crippen LogP contribution in [0.1, 0.15) is 77.3 Å². The molecule has 0 saturated carbocycles. The minimum atomic E-state index is -3.41. The van der Waals surface area contributed by atoms with E-state index in [4.69, 9.17) is 9.26 Å². The van der Waals surface area contributed by atoms with Gasteiger partial charge in [-0.15, -0.1) is 0 Å². The highest BCUT2D eigenvalue weighted by Gasteiger charge is 2.33. The molecule has 0 heterocycles. The lowest BCUT2D eigenvalue weighted by molar-refractivity contribution is -0.144. The van der Waals surface area contributed by atoms with Gasteiger partial charge in [-0.05, 0) is 63.7 Å². The fraction of sp³-hybridized carbons (Fsp3) is 0.682. The summed E-state index contributed by atoms with van der Waals surface area (Å²) < 4.78 is 25.2. The van der Waals surface area contributed by atoms with E-state index >= 15 is 0 Å². The number of nitrogens with one attached hydrogen (secondary N) is 1. The van der Waals surface area contributed by atoms with E-state index in [0.29, 0.717) is 5.75 Å². The number of esters is 1. The zero-order chi connectivity index (χ0) is 22.2. The first kappa shape index (κ1) is 25.7.